The Labute approximate surface area is 172 Å². The van der Waals surface area contributed by atoms with Crippen molar-refractivity contribution in [1.82, 2.24) is 0 Å². The van der Waals surface area contributed by atoms with Crippen LogP contribution in [0.5, 0.6) is 0 Å². The molecular formula is C19H14Cl2N2O4S. The Kier molecular flexibility index (Phi) is 5.88. The third kappa shape index (κ3) is 4.44. The number of nitro groups is 1. The maximum atomic E-state index is 13.3. The largest absolute Gasteiger partial charge is 0.269 e. The molecule has 0 saturated carbocycles. The quantitative estimate of drug-likeness (QED) is 0.387. The van der Waals surface area contributed by atoms with Gasteiger partial charge in [0.05, 0.1) is 22.1 Å². The van der Waals surface area contributed by atoms with Crippen LogP contribution in [0.2, 0.25) is 10.0 Å². The lowest BCUT2D eigenvalue weighted by atomic mass is 10.2. The summed E-state index contributed by atoms with van der Waals surface area (Å²) in [5.74, 6) is 0. The Hall–Kier alpha value is -2.61. The molecule has 0 radical (unpaired) electrons. The lowest BCUT2D eigenvalue weighted by Crippen LogP contribution is -2.30. The standard InChI is InChI=1S/C19H14Cl2N2O4S/c20-15-3-1-14(2-4-15)13-22(17-7-5-16(21)6-8-17)28(26,27)19-11-9-18(10-12-19)23(24)25/h1-12H,13H2. The van der Waals surface area contributed by atoms with Crippen LogP contribution in [0.15, 0.2) is 77.7 Å². The highest BCUT2D eigenvalue weighted by molar-refractivity contribution is 7.92. The van der Waals surface area contributed by atoms with Crippen molar-refractivity contribution in [2.75, 3.05) is 4.31 Å². The number of rotatable bonds is 6. The molecule has 0 N–H and O–H groups in total. The molecule has 3 rings (SSSR count). The topological polar surface area (TPSA) is 80.5 Å². The third-order valence-electron chi connectivity index (χ3n) is 3.99. The Morgan fingerprint density at radius 3 is 1.82 bits per heavy atom. The van der Waals surface area contributed by atoms with Crippen molar-refractivity contribution in [2.24, 2.45) is 0 Å². The second kappa shape index (κ2) is 8.18. The molecule has 3 aromatic rings. The molecule has 0 aliphatic rings. The normalized spacial score (nSPS) is 11.2. The minimum atomic E-state index is -3.98. The molecule has 0 bridgehead atoms. The molecular weight excluding hydrogens is 423 g/mol. The van der Waals surface area contributed by atoms with Crippen LogP contribution in [0.3, 0.4) is 0 Å². The van der Waals surface area contributed by atoms with E-state index in [2.05, 4.69) is 0 Å². The molecule has 0 amide bonds. The molecule has 9 heteroatoms. The molecule has 0 unspecified atom stereocenters. The Morgan fingerprint density at radius 1 is 0.821 bits per heavy atom. The summed E-state index contributed by atoms with van der Waals surface area (Å²) in [6.45, 7) is 0.0537. The van der Waals surface area contributed by atoms with Crippen molar-refractivity contribution in [3.63, 3.8) is 0 Å². The van der Waals surface area contributed by atoms with Gasteiger partial charge < -0.3 is 0 Å². The molecule has 0 heterocycles. The van der Waals surface area contributed by atoms with E-state index < -0.39 is 14.9 Å². The summed E-state index contributed by atoms with van der Waals surface area (Å²) in [7, 11) is -3.98. The zero-order valence-corrected chi connectivity index (χ0v) is 16.7. The summed E-state index contributed by atoms with van der Waals surface area (Å²) in [6, 6.07) is 18.0. The van der Waals surface area contributed by atoms with E-state index in [4.69, 9.17) is 23.2 Å². The van der Waals surface area contributed by atoms with Crippen LogP contribution >= 0.6 is 23.2 Å². The molecule has 0 aliphatic carbocycles. The third-order valence-corrected chi connectivity index (χ3v) is 6.28. The van der Waals surface area contributed by atoms with E-state index in [-0.39, 0.29) is 17.1 Å². The van der Waals surface area contributed by atoms with Crippen LogP contribution in [-0.4, -0.2) is 13.3 Å². The summed E-state index contributed by atoms with van der Waals surface area (Å²) >= 11 is 11.8. The van der Waals surface area contributed by atoms with Crippen molar-refractivity contribution >= 4 is 44.6 Å². The van der Waals surface area contributed by atoms with E-state index in [0.717, 1.165) is 17.7 Å². The van der Waals surface area contributed by atoms with Crippen molar-refractivity contribution in [2.45, 2.75) is 11.4 Å². The van der Waals surface area contributed by atoms with Gasteiger partial charge in [0.2, 0.25) is 0 Å². The van der Waals surface area contributed by atoms with Gasteiger partial charge in [0.25, 0.3) is 15.7 Å². The maximum absolute atomic E-state index is 13.3. The van der Waals surface area contributed by atoms with Crippen LogP contribution in [-0.2, 0) is 16.6 Å². The number of hydrogen-bond acceptors (Lipinski definition) is 4. The lowest BCUT2D eigenvalue weighted by Gasteiger charge is -2.25. The number of sulfonamides is 1. The minimum absolute atomic E-state index is 0.0537. The van der Waals surface area contributed by atoms with Crippen molar-refractivity contribution < 1.29 is 13.3 Å². The minimum Gasteiger partial charge on any atom is -0.262 e. The molecule has 28 heavy (non-hydrogen) atoms. The van der Waals surface area contributed by atoms with E-state index in [1.54, 1.807) is 48.5 Å². The van der Waals surface area contributed by atoms with Gasteiger partial charge in [0.15, 0.2) is 0 Å². The number of non-ortho nitro benzene ring substituents is 1. The average molecular weight is 437 g/mol. The molecule has 0 fully saturated rings. The van der Waals surface area contributed by atoms with Gasteiger partial charge in [-0.1, -0.05) is 35.3 Å². The van der Waals surface area contributed by atoms with E-state index in [9.17, 15) is 18.5 Å². The fourth-order valence-corrected chi connectivity index (χ4v) is 4.25. The number of anilines is 1. The molecule has 3 aromatic carbocycles. The summed E-state index contributed by atoms with van der Waals surface area (Å²) < 4.78 is 27.8. The van der Waals surface area contributed by atoms with Crippen LogP contribution in [0.25, 0.3) is 0 Å². The first-order valence-electron chi connectivity index (χ1n) is 8.04. The fourth-order valence-electron chi connectivity index (χ4n) is 2.55. The Bertz CT molecular complexity index is 1080. The summed E-state index contributed by atoms with van der Waals surface area (Å²) in [4.78, 5) is 10.2. The number of nitrogens with zero attached hydrogens (tertiary/aromatic N) is 2. The highest BCUT2D eigenvalue weighted by Crippen LogP contribution is 2.28. The number of benzene rings is 3. The van der Waals surface area contributed by atoms with Crippen molar-refractivity contribution in [1.29, 1.82) is 0 Å². The summed E-state index contributed by atoms with van der Waals surface area (Å²) in [6.07, 6.45) is 0. The second-order valence-electron chi connectivity index (χ2n) is 5.87. The maximum Gasteiger partial charge on any atom is 0.269 e. The van der Waals surface area contributed by atoms with E-state index in [1.165, 1.54) is 16.4 Å². The fraction of sp³-hybridized carbons (Fsp3) is 0.0526. The second-order valence-corrected chi connectivity index (χ2v) is 8.60. The lowest BCUT2D eigenvalue weighted by molar-refractivity contribution is -0.384. The molecule has 0 spiro atoms. The van der Waals surface area contributed by atoms with Gasteiger partial charge in [-0.2, -0.15) is 0 Å². The molecule has 0 saturated heterocycles. The number of hydrogen-bond donors (Lipinski definition) is 0. The molecule has 0 aromatic heterocycles. The van der Waals surface area contributed by atoms with Crippen molar-refractivity contribution in [3.8, 4) is 0 Å². The zero-order valence-electron chi connectivity index (χ0n) is 14.3. The monoisotopic (exact) mass is 436 g/mol. The highest BCUT2D eigenvalue weighted by Gasteiger charge is 2.26. The first-order valence-corrected chi connectivity index (χ1v) is 10.2. The van der Waals surface area contributed by atoms with E-state index >= 15 is 0 Å². The van der Waals surface area contributed by atoms with Gasteiger partial charge in [-0.15, -0.1) is 0 Å². The highest BCUT2D eigenvalue weighted by atomic mass is 35.5. The van der Waals surface area contributed by atoms with Gasteiger partial charge in [-0.05, 0) is 54.1 Å². The Balaban J connectivity index is 2.04. The van der Waals surface area contributed by atoms with Gasteiger partial charge >= 0.3 is 0 Å². The van der Waals surface area contributed by atoms with Crippen LogP contribution in [0, 0.1) is 10.1 Å². The molecule has 6 nitrogen and oxygen atoms in total. The smallest absolute Gasteiger partial charge is 0.262 e. The molecule has 0 aliphatic heterocycles. The first-order chi connectivity index (χ1) is 13.3. The average Bonchev–Trinajstić information content (AvgIpc) is 2.68. The van der Waals surface area contributed by atoms with Crippen LogP contribution < -0.4 is 4.31 Å². The van der Waals surface area contributed by atoms with Crippen LogP contribution in [0.4, 0.5) is 11.4 Å². The van der Waals surface area contributed by atoms with Gasteiger partial charge in [0.1, 0.15) is 0 Å². The molecule has 0 atom stereocenters. The Morgan fingerprint density at radius 2 is 1.32 bits per heavy atom. The zero-order chi connectivity index (χ0) is 20.3. The first kappa shape index (κ1) is 20.1. The number of halogens is 2. The van der Waals surface area contributed by atoms with Crippen LogP contribution in [0.1, 0.15) is 5.56 Å². The van der Waals surface area contributed by atoms with Gasteiger partial charge in [-0.25, -0.2) is 8.42 Å². The van der Waals surface area contributed by atoms with Gasteiger partial charge in [0, 0.05) is 22.2 Å². The summed E-state index contributed by atoms with van der Waals surface area (Å²) in [5.41, 5.74) is 0.956. The van der Waals surface area contributed by atoms with E-state index in [1.807, 2.05) is 0 Å². The predicted molar refractivity (Wildman–Crippen MR) is 109 cm³/mol. The van der Waals surface area contributed by atoms with Crippen molar-refractivity contribution in [3.05, 3.63) is 98.5 Å². The summed E-state index contributed by atoms with van der Waals surface area (Å²) in [5, 5.41) is 11.9. The predicted octanol–water partition coefficient (Wildman–Crippen LogP) is 5.30. The molecule has 144 valence electrons. The number of nitro benzene ring substituents is 1. The van der Waals surface area contributed by atoms with Gasteiger partial charge in [-0.3, -0.25) is 14.4 Å². The van der Waals surface area contributed by atoms with E-state index in [0.29, 0.717) is 15.7 Å². The SMILES string of the molecule is O=[N+]([O-])c1ccc(S(=O)(=O)N(Cc2ccc(Cl)cc2)c2ccc(Cl)cc2)cc1.